The van der Waals surface area contributed by atoms with E-state index in [4.69, 9.17) is 9.69 Å². The predicted molar refractivity (Wildman–Crippen MR) is 49.0 cm³/mol. The first-order valence-corrected chi connectivity index (χ1v) is 9.76. The molecule has 82 valence electrons. The Morgan fingerprint density at radius 1 is 1.44 bits per heavy atom. The number of fused-ring (bicyclic) bond motifs is 1. The second-order valence-corrected chi connectivity index (χ2v) is 6.55. The van der Waals surface area contributed by atoms with Crippen LogP contribution in [0.1, 0.15) is 5.69 Å². The van der Waals surface area contributed by atoms with E-state index in [1.165, 1.54) is 6.20 Å². The summed E-state index contributed by atoms with van der Waals surface area (Å²) in [5, 5.41) is 0. The molecule has 0 N–H and O–H groups in total. The van der Waals surface area contributed by atoms with Crippen molar-refractivity contribution in [3.63, 3.8) is 0 Å². The first-order valence-electron chi connectivity index (χ1n) is 4.38. The number of nitrogens with zero attached hydrogens (tertiary/aromatic N) is 3. The Morgan fingerprint density at radius 3 is 2.69 bits per heavy atom. The molecular weight excluding hydrogens is 296 g/mol. The first kappa shape index (κ1) is 11.8. The van der Waals surface area contributed by atoms with Crippen molar-refractivity contribution < 1.29 is 29.3 Å². The molecule has 0 aliphatic heterocycles. The third kappa shape index (κ3) is 1.94. The number of pyridine rings is 1. The van der Waals surface area contributed by atoms with Crippen LogP contribution in [0.15, 0.2) is 12.3 Å². The van der Waals surface area contributed by atoms with E-state index >= 15 is 0 Å². The Hall–Kier alpha value is -0.677. The quantitative estimate of drug-likeness (QED) is 0.753. The minimum absolute atomic E-state index is 0.297. The standard InChI is InChI=1S/C8H5F3N3.ClH.Zn/c1-14-4-13-5-2-7(8(9,10)11)12-3-6(5)14;;/h2-3H,1H3;1H;/q;;+1/p-1. The maximum atomic E-state index is 12.4. The number of rotatable bonds is 1. The summed E-state index contributed by atoms with van der Waals surface area (Å²) in [6.45, 7) is 0. The Balaban J connectivity index is 2.64. The number of hydrogen-bond acceptors (Lipinski definition) is 2. The molecule has 0 bridgehead atoms. The van der Waals surface area contributed by atoms with Crippen LogP contribution >= 0.6 is 9.69 Å². The molecule has 0 aliphatic carbocycles. The summed E-state index contributed by atoms with van der Waals surface area (Å²) < 4.78 is 39.6. The van der Waals surface area contributed by atoms with Crippen LogP contribution in [-0.4, -0.2) is 14.5 Å². The predicted octanol–water partition coefficient (Wildman–Crippen LogP) is 1.85. The maximum absolute atomic E-state index is 12.4. The summed E-state index contributed by atoms with van der Waals surface area (Å²) in [6, 6.07) is 0.952. The third-order valence-electron chi connectivity index (χ3n) is 2.27. The molecule has 8 heteroatoms. The zero-order valence-corrected chi connectivity index (χ0v) is 11.9. The van der Waals surface area contributed by atoms with Crippen LogP contribution in [0, 0.1) is 0 Å². The summed E-state index contributed by atoms with van der Waals surface area (Å²) in [6.07, 6.45) is -3.25. The number of alkyl halides is 3. The molecule has 0 radical (unpaired) electrons. The number of imidazole rings is 1. The molecule has 2 rings (SSSR count). The van der Waals surface area contributed by atoms with Crippen LogP contribution in [0.4, 0.5) is 13.2 Å². The van der Waals surface area contributed by atoms with Gasteiger partial charge in [-0.05, 0) is 0 Å². The van der Waals surface area contributed by atoms with Gasteiger partial charge < -0.3 is 0 Å². The van der Waals surface area contributed by atoms with Gasteiger partial charge in [0, 0.05) is 0 Å². The number of aryl methyl sites for hydroxylation is 1. The van der Waals surface area contributed by atoms with Gasteiger partial charge in [0.25, 0.3) is 0 Å². The van der Waals surface area contributed by atoms with Crippen LogP contribution in [0.5, 0.6) is 0 Å². The summed E-state index contributed by atoms with van der Waals surface area (Å²) in [4.78, 5) is 7.46. The SMILES string of the molecule is Cn1[c]([Zn][Cl])nc2cc(C(F)(F)F)ncc21. The van der Waals surface area contributed by atoms with E-state index in [0.717, 1.165) is 6.07 Å². The van der Waals surface area contributed by atoms with Crippen molar-refractivity contribution in [2.45, 2.75) is 6.18 Å². The molecule has 3 nitrogen and oxygen atoms in total. The molecular formula is C8H5ClF3N3Zn. The van der Waals surface area contributed by atoms with E-state index < -0.39 is 28.0 Å². The van der Waals surface area contributed by atoms with Gasteiger partial charge in [0.2, 0.25) is 0 Å². The van der Waals surface area contributed by atoms with Gasteiger partial charge in [-0.25, -0.2) is 0 Å². The van der Waals surface area contributed by atoms with E-state index in [9.17, 15) is 13.2 Å². The summed E-state index contributed by atoms with van der Waals surface area (Å²) in [5.74, 6) is 0. The molecule has 0 saturated heterocycles. The monoisotopic (exact) mass is 299 g/mol. The zero-order chi connectivity index (χ0) is 11.9. The topological polar surface area (TPSA) is 30.7 Å². The molecule has 0 atom stereocenters. The van der Waals surface area contributed by atoms with Crippen molar-refractivity contribution in [2.24, 2.45) is 7.05 Å². The average molecular weight is 301 g/mol. The molecule has 2 aromatic rings. The Morgan fingerprint density at radius 2 is 2.12 bits per heavy atom. The fourth-order valence-electron chi connectivity index (χ4n) is 1.41. The van der Waals surface area contributed by atoms with E-state index in [1.807, 2.05) is 0 Å². The van der Waals surface area contributed by atoms with Gasteiger partial charge >= 0.3 is 100 Å². The number of hydrogen-bond donors (Lipinski definition) is 0. The molecule has 0 amide bonds. The van der Waals surface area contributed by atoms with Crippen LogP contribution < -0.4 is 4.42 Å². The van der Waals surface area contributed by atoms with Crippen molar-refractivity contribution in [3.05, 3.63) is 18.0 Å². The normalized spacial score (nSPS) is 11.8. The number of aromatic nitrogens is 3. The average Bonchev–Trinajstić information content (AvgIpc) is 2.54. The van der Waals surface area contributed by atoms with E-state index in [-0.39, 0.29) is 0 Å². The molecule has 2 aromatic heterocycles. The fraction of sp³-hybridized carbons (Fsp3) is 0.250. The van der Waals surface area contributed by atoms with Gasteiger partial charge in [-0.2, -0.15) is 0 Å². The number of halogens is 4. The molecule has 0 aliphatic rings. The minimum atomic E-state index is -4.44. The van der Waals surface area contributed by atoms with E-state index in [2.05, 4.69) is 9.97 Å². The van der Waals surface area contributed by atoms with Crippen molar-refractivity contribution in [3.8, 4) is 0 Å². The first-order chi connectivity index (χ1) is 7.43. The van der Waals surface area contributed by atoms with Gasteiger partial charge in [0.15, 0.2) is 0 Å². The Kier molecular flexibility index (Phi) is 2.92. The van der Waals surface area contributed by atoms with Crippen LogP contribution in [0.25, 0.3) is 11.0 Å². The van der Waals surface area contributed by atoms with E-state index in [1.54, 1.807) is 11.6 Å². The molecule has 0 unspecified atom stereocenters. The second-order valence-electron chi connectivity index (χ2n) is 3.28. The molecule has 16 heavy (non-hydrogen) atoms. The van der Waals surface area contributed by atoms with Crippen LogP contribution in [0.2, 0.25) is 0 Å². The van der Waals surface area contributed by atoms with Crippen LogP contribution in [0.3, 0.4) is 0 Å². The summed E-state index contributed by atoms with van der Waals surface area (Å²) >= 11 is -1.44. The Bertz CT molecular complexity index is 537. The van der Waals surface area contributed by atoms with Crippen molar-refractivity contribution in [1.82, 2.24) is 14.5 Å². The molecule has 0 spiro atoms. The molecule has 0 saturated carbocycles. The van der Waals surface area contributed by atoms with Gasteiger partial charge in [-0.15, -0.1) is 0 Å². The zero-order valence-electron chi connectivity index (χ0n) is 8.22. The van der Waals surface area contributed by atoms with Crippen molar-refractivity contribution in [2.75, 3.05) is 0 Å². The summed E-state index contributed by atoms with van der Waals surface area (Å²) in [7, 11) is 7.52. The third-order valence-corrected chi connectivity index (χ3v) is 5.34. The second kappa shape index (κ2) is 3.96. The van der Waals surface area contributed by atoms with Gasteiger partial charge in [0.1, 0.15) is 0 Å². The molecule has 2 heterocycles. The van der Waals surface area contributed by atoms with Crippen LogP contribution in [-0.2, 0) is 29.4 Å². The van der Waals surface area contributed by atoms with Crippen molar-refractivity contribution in [1.29, 1.82) is 0 Å². The van der Waals surface area contributed by atoms with Gasteiger partial charge in [-0.3, -0.25) is 0 Å². The summed E-state index contributed by atoms with van der Waals surface area (Å²) in [5.41, 5.74) is -0.0490. The Labute approximate surface area is 100 Å². The van der Waals surface area contributed by atoms with Gasteiger partial charge in [-0.1, -0.05) is 0 Å². The molecule has 0 fully saturated rings. The van der Waals surface area contributed by atoms with E-state index in [0.29, 0.717) is 15.5 Å². The van der Waals surface area contributed by atoms with Crippen molar-refractivity contribution >= 4 is 25.1 Å². The fourth-order valence-corrected chi connectivity index (χ4v) is 3.87. The molecule has 0 aromatic carbocycles. The van der Waals surface area contributed by atoms with Gasteiger partial charge in [0.05, 0.1) is 0 Å².